The molecule has 0 saturated carbocycles. The van der Waals surface area contributed by atoms with Crippen LogP contribution in [0.25, 0.3) is 11.8 Å². The van der Waals surface area contributed by atoms with Crippen molar-refractivity contribution in [3.8, 4) is 0 Å². The van der Waals surface area contributed by atoms with Gasteiger partial charge in [-0.1, -0.05) is 29.8 Å². The van der Waals surface area contributed by atoms with E-state index in [0.717, 1.165) is 34.4 Å². The third-order valence-corrected chi connectivity index (χ3v) is 4.52. The van der Waals surface area contributed by atoms with Gasteiger partial charge in [-0.25, -0.2) is 4.98 Å². The number of aryl methyl sites for hydroxylation is 1. The number of rotatable bonds is 3. The minimum atomic E-state index is 0.0760. The summed E-state index contributed by atoms with van der Waals surface area (Å²) in [6.07, 6.45) is 8.73. The van der Waals surface area contributed by atoms with Crippen LogP contribution < -0.4 is 5.32 Å². The Kier molecular flexibility index (Phi) is 4.12. The van der Waals surface area contributed by atoms with Crippen LogP contribution in [0.15, 0.2) is 61.2 Å². The maximum absolute atomic E-state index is 11.6. The summed E-state index contributed by atoms with van der Waals surface area (Å²) in [6.45, 7) is 0. The lowest BCUT2D eigenvalue weighted by Gasteiger charge is -2.18. The average Bonchev–Trinajstić information content (AvgIpc) is 3.13. The van der Waals surface area contributed by atoms with Crippen LogP contribution in [0.5, 0.6) is 0 Å². The summed E-state index contributed by atoms with van der Waals surface area (Å²) in [6, 6.07) is 13.9. The van der Waals surface area contributed by atoms with Crippen LogP contribution in [0, 0.1) is 0 Å². The third-order valence-electron chi connectivity index (χ3n) is 4.27. The van der Waals surface area contributed by atoms with Crippen molar-refractivity contribution in [1.29, 1.82) is 0 Å². The molecule has 2 aromatic carbocycles. The van der Waals surface area contributed by atoms with E-state index in [4.69, 9.17) is 11.6 Å². The SMILES string of the molecule is O=C1CCc2cc(/C(=C\n3ccnc3)c3ccc(Cl)cc3)ccc2N1. The number of amides is 1. The van der Waals surface area contributed by atoms with Gasteiger partial charge in [0.2, 0.25) is 5.91 Å². The Hall–Kier alpha value is -2.85. The van der Waals surface area contributed by atoms with Crippen LogP contribution in [0.4, 0.5) is 5.69 Å². The number of benzene rings is 2. The van der Waals surface area contributed by atoms with Gasteiger partial charge >= 0.3 is 0 Å². The van der Waals surface area contributed by atoms with E-state index in [9.17, 15) is 4.79 Å². The van der Waals surface area contributed by atoms with Crippen molar-refractivity contribution in [1.82, 2.24) is 9.55 Å². The first-order chi connectivity index (χ1) is 12.2. The van der Waals surface area contributed by atoms with Crippen molar-refractivity contribution in [2.45, 2.75) is 12.8 Å². The largest absolute Gasteiger partial charge is 0.326 e. The fraction of sp³-hybridized carbons (Fsp3) is 0.100. The number of aromatic nitrogens is 2. The summed E-state index contributed by atoms with van der Waals surface area (Å²) in [5.41, 5.74) is 5.28. The Morgan fingerprint density at radius 1 is 1.12 bits per heavy atom. The minimum absolute atomic E-state index is 0.0760. The molecule has 1 amide bonds. The van der Waals surface area contributed by atoms with Gasteiger partial charge in [0.25, 0.3) is 0 Å². The topological polar surface area (TPSA) is 46.9 Å². The molecule has 0 aliphatic carbocycles. The molecule has 0 bridgehead atoms. The zero-order valence-electron chi connectivity index (χ0n) is 13.4. The van der Waals surface area contributed by atoms with Gasteiger partial charge in [-0.05, 0) is 47.4 Å². The molecule has 25 heavy (non-hydrogen) atoms. The number of hydrogen-bond donors (Lipinski definition) is 1. The van der Waals surface area contributed by atoms with E-state index in [1.807, 2.05) is 53.4 Å². The second kappa shape index (κ2) is 6.57. The number of carbonyl (C=O) groups is 1. The molecule has 4 nitrogen and oxygen atoms in total. The van der Waals surface area contributed by atoms with Crippen molar-refractivity contribution < 1.29 is 4.79 Å². The fourth-order valence-electron chi connectivity index (χ4n) is 2.99. The highest BCUT2D eigenvalue weighted by atomic mass is 35.5. The molecule has 4 rings (SSSR count). The van der Waals surface area contributed by atoms with E-state index >= 15 is 0 Å². The molecule has 0 saturated heterocycles. The molecule has 1 aliphatic rings. The lowest BCUT2D eigenvalue weighted by molar-refractivity contribution is -0.116. The maximum atomic E-state index is 11.6. The van der Waals surface area contributed by atoms with Gasteiger partial charge in [0.05, 0.1) is 6.33 Å². The van der Waals surface area contributed by atoms with Crippen LogP contribution in [0.2, 0.25) is 5.02 Å². The van der Waals surface area contributed by atoms with Crippen molar-refractivity contribution in [3.63, 3.8) is 0 Å². The summed E-state index contributed by atoms with van der Waals surface area (Å²) < 4.78 is 1.92. The quantitative estimate of drug-likeness (QED) is 0.758. The first-order valence-electron chi connectivity index (χ1n) is 8.07. The molecule has 0 radical (unpaired) electrons. The van der Waals surface area contributed by atoms with E-state index in [-0.39, 0.29) is 5.91 Å². The molecule has 2 heterocycles. The number of fused-ring (bicyclic) bond motifs is 1. The van der Waals surface area contributed by atoms with Gasteiger partial charge in [0, 0.05) is 41.3 Å². The third kappa shape index (κ3) is 3.35. The molecule has 5 heteroatoms. The number of hydrogen-bond acceptors (Lipinski definition) is 2. The highest BCUT2D eigenvalue weighted by Crippen LogP contribution is 2.31. The van der Waals surface area contributed by atoms with Crippen LogP contribution in [0.1, 0.15) is 23.1 Å². The Morgan fingerprint density at radius 3 is 2.68 bits per heavy atom. The monoisotopic (exact) mass is 349 g/mol. The van der Waals surface area contributed by atoms with E-state index in [1.165, 1.54) is 0 Å². The van der Waals surface area contributed by atoms with Gasteiger partial charge in [0.1, 0.15) is 0 Å². The first kappa shape index (κ1) is 15.7. The summed E-state index contributed by atoms with van der Waals surface area (Å²) in [7, 11) is 0. The van der Waals surface area contributed by atoms with Crippen LogP contribution in [-0.2, 0) is 11.2 Å². The molecule has 0 spiro atoms. The van der Waals surface area contributed by atoms with E-state index < -0.39 is 0 Å². The smallest absolute Gasteiger partial charge is 0.224 e. The number of nitrogens with one attached hydrogen (secondary N) is 1. The Labute approximate surface area is 150 Å². The van der Waals surface area contributed by atoms with Gasteiger partial charge in [-0.2, -0.15) is 0 Å². The molecular weight excluding hydrogens is 334 g/mol. The van der Waals surface area contributed by atoms with Gasteiger partial charge in [-0.3, -0.25) is 4.79 Å². The van der Waals surface area contributed by atoms with Gasteiger partial charge < -0.3 is 9.88 Å². The molecule has 3 aromatic rings. The van der Waals surface area contributed by atoms with Crippen molar-refractivity contribution in [2.24, 2.45) is 0 Å². The molecule has 1 N–H and O–H groups in total. The minimum Gasteiger partial charge on any atom is -0.326 e. The van der Waals surface area contributed by atoms with Crippen molar-refractivity contribution in [2.75, 3.05) is 5.32 Å². The second-order valence-corrected chi connectivity index (χ2v) is 6.42. The lowest BCUT2D eigenvalue weighted by atomic mass is 9.94. The summed E-state index contributed by atoms with van der Waals surface area (Å²) >= 11 is 6.04. The Morgan fingerprint density at radius 2 is 1.92 bits per heavy atom. The maximum Gasteiger partial charge on any atom is 0.224 e. The number of nitrogens with zero attached hydrogens (tertiary/aromatic N) is 2. The van der Waals surface area contributed by atoms with Gasteiger partial charge in [0.15, 0.2) is 0 Å². The summed E-state index contributed by atoms with van der Waals surface area (Å²) in [5, 5.41) is 3.64. The molecule has 0 fully saturated rings. The lowest BCUT2D eigenvalue weighted by Crippen LogP contribution is -2.18. The summed E-state index contributed by atoms with van der Waals surface area (Å²) in [4.78, 5) is 15.7. The molecule has 0 atom stereocenters. The Balaban J connectivity index is 1.81. The number of halogens is 1. The zero-order chi connectivity index (χ0) is 17.2. The fourth-order valence-corrected chi connectivity index (χ4v) is 3.12. The highest BCUT2D eigenvalue weighted by Gasteiger charge is 2.16. The number of carbonyl (C=O) groups excluding carboxylic acids is 1. The molecular formula is C20H16ClN3O. The number of anilines is 1. The average molecular weight is 350 g/mol. The van der Waals surface area contributed by atoms with Crippen LogP contribution in [-0.4, -0.2) is 15.5 Å². The molecule has 0 unspecified atom stereocenters. The van der Waals surface area contributed by atoms with E-state index in [0.29, 0.717) is 11.4 Å². The first-order valence-corrected chi connectivity index (χ1v) is 8.45. The Bertz CT molecular complexity index is 944. The molecule has 1 aromatic heterocycles. The normalized spacial score (nSPS) is 14.1. The molecule has 124 valence electrons. The molecule has 1 aliphatic heterocycles. The summed E-state index contributed by atoms with van der Waals surface area (Å²) in [5.74, 6) is 0.0760. The van der Waals surface area contributed by atoms with Gasteiger partial charge in [-0.15, -0.1) is 0 Å². The zero-order valence-corrected chi connectivity index (χ0v) is 14.2. The van der Waals surface area contributed by atoms with Crippen molar-refractivity contribution >= 4 is 35.0 Å². The standard InChI is InChI=1S/C20H16ClN3O/c21-17-5-1-14(2-6-17)18(12-24-10-9-22-13-24)15-3-7-19-16(11-15)4-8-20(25)23-19/h1-3,5-7,9-13H,4,8H2,(H,23,25)/b18-12-. The van der Waals surface area contributed by atoms with E-state index in [2.05, 4.69) is 16.4 Å². The van der Waals surface area contributed by atoms with Crippen LogP contribution in [0.3, 0.4) is 0 Å². The van der Waals surface area contributed by atoms with Crippen molar-refractivity contribution in [3.05, 3.63) is 82.9 Å². The van der Waals surface area contributed by atoms with E-state index in [1.54, 1.807) is 12.5 Å². The number of imidazole rings is 1. The predicted octanol–water partition coefficient (Wildman–Crippen LogP) is 4.47. The second-order valence-electron chi connectivity index (χ2n) is 5.98. The highest BCUT2D eigenvalue weighted by molar-refractivity contribution is 6.30. The predicted molar refractivity (Wildman–Crippen MR) is 100 cm³/mol. The van der Waals surface area contributed by atoms with Crippen LogP contribution >= 0.6 is 11.6 Å².